The highest BCUT2D eigenvalue weighted by molar-refractivity contribution is 7.99. The first-order valence-corrected chi connectivity index (χ1v) is 8.38. The third-order valence-electron chi connectivity index (χ3n) is 3.02. The first kappa shape index (κ1) is 16.7. The van der Waals surface area contributed by atoms with Crippen molar-refractivity contribution in [3.63, 3.8) is 0 Å². The minimum absolute atomic E-state index is 0.0454. The fourth-order valence-corrected chi connectivity index (χ4v) is 2.98. The van der Waals surface area contributed by atoms with Gasteiger partial charge in [0, 0.05) is 10.8 Å². The molecule has 3 nitrogen and oxygen atoms in total. The van der Waals surface area contributed by atoms with Gasteiger partial charge in [0.05, 0.1) is 18.6 Å². The highest BCUT2D eigenvalue weighted by Gasteiger charge is 2.08. The molecule has 0 saturated carbocycles. The summed E-state index contributed by atoms with van der Waals surface area (Å²) >= 11 is 7.49. The summed E-state index contributed by atoms with van der Waals surface area (Å²) in [5.41, 5.74) is 2.89. The standard InChI is InChI=1S/C17H18ClNO2S/c1-12-6-7-16(21-2)15(8-12)19-17(20)11-22-10-13-4-3-5-14(18)9-13/h3-9H,10-11H2,1-2H3,(H,19,20). The van der Waals surface area contributed by atoms with E-state index in [1.165, 1.54) is 0 Å². The number of carbonyl (C=O) groups excluding carboxylic acids is 1. The van der Waals surface area contributed by atoms with Crippen LogP contribution in [0.5, 0.6) is 5.75 Å². The average molecular weight is 336 g/mol. The van der Waals surface area contributed by atoms with E-state index in [-0.39, 0.29) is 5.91 Å². The lowest BCUT2D eigenvalue weighted by Crippen LogP contribution is -2.15. The summed E-state index contributed by atoms with van der Waals surface area (Å²) < 4.78 is 5.25. The van der Waals surface area contributed by atoms with E-state index < -0.39 is 0 Å². The zero-order chi connectivity index (χ0) is 15.9. The van der Waals surface area contributed by atoms with Gasteiger partial charge in [0.25, 0.3) is 0 Å². The Kier molecular flexibility index (Phi) is 6.16. The average Bonchev–Trinajstić information content (AvgIpc) is 2.47. The number of anilines is 1. The molecule has 2 rings (SSSR count). The Balaban J connectivity index is 1.87. The number of aryl methyl sites for hydroxylation is 1. The van der Waals surface area contributed by atoms with E-state index in [9.17, 15) is 4.79 Å². The lowest BCUT2D eigenvalue weighted by molar-refractivity contribution is -0.113. The van der Waals surface area contributed by atoms with E-state index in [1.807, 2.05) is 49.4 Å². The molecule has 0 aliphatic rings. The van der Waals surface area contributed by atoms with Gasteiger partial charge in [-0.3, -0.25) is 4.79 Å². The summed E-state index contributed by atoms with van der Waals surface area (Å²) in [5, 5.41) is 3.60. The molecule has 0 aliphatic carbocycles. The SMILES string of the molecule is COc1ccc(C)cc1NC(=O)CSCc1cccc(Cl)c1. The largest absolute Gasteiger partial charge is 0.495 e. The van der Waals surface area contributed by atoms with Gasteiger partial charge in [-0.1, -0.05) is 29.8 Å². The molecule has 0 bridgehead atoms. The molecule has 0 aromatic heterocycles. The van der Waals surface area contributed by atoms with Gasteiger partial charge >= 0.3 is 0 Å². The minimum Gasteiger partial charge on any atom is -0.495 e. The number of nitrogens with one attached hydrogen (secondary N) is 1. The van der Waals surface area contributed by atoms with Crippen LogP contribution in [0.3, 0.4) is 0 Å². The van der Waals surface area contributed by atoms with E-state index in [0.29, 0.717) is 22.2 Å². The molecule has 2 aromatic carbocycles. The molecule has 0 radical (unpaired) electrons. The minimum atomic E-state index is -0.0454. The van der Waals surface area contributed by atoms with Gasteiger partial charge in [-0.25, -0.2) is 0 Å². The fraction of sp³-hybridized carbons (Fsp3) is 0.235. The van der Waals surface area contributed by atoms with Crippen LogP contribution in [0, 0.1) is 6.92 Å². The van der Waals surface area contributed by atoms with Gasteiger partial charge in [0.15, 0.2) is 0 Å². The van der Waals surface area contributed by atoms with Crippen LogP contribution in [0.25, 0.3) is 0 Å². The molecule has 0 saturated heterocycles. The Hall–Kier alpha value is -1.65. The number of halogens is 1. The number of carbonyl (C=O) groups is 1. The zero-order valence-corrected chi connectivity index (χ0v) is 14.1. The summed E-state index contributed by atoms with van der Waals surface area (Å²) in [6.45, 7) is 1.98. The van der Waals surface area contributed by atoms with Gasteiger partial charge in [-0.15, -0.1) is 11.8 Å². The molecule has 1 N–H and O–H groups in total. The van der Waals surface area contributed by atoms with Crippen LogP contribution in [0.4, 0.5) is 5.69 Å². The van der Waals surface area contributed by atoms with E-state index >= 15 is 0 Å². The van der Waals surface area contributed by atoms with Crippen LogP contribution in [-0.4, -0.2) is 18.8 Å². The summed E-state index contributed by atoms with van der Waals surface area (Å²) in [6.07, 6.45) is 0. The maximum absolute atomic E-state index is 12.0. The summed E-state index contributed by atoms with van der Waals surface area (Å²) in [4.78, 5) is 12.0. The predicted octanol–water partition coefficient (Wildman–Crippen LogP) is 4.53. The number of methoxy groups -OCH3 is 1. The van der Waals surface area contributed by atoms with Crippen molar-refractivity contribution in [2.24, 2.45) is 0 Å². The van der Waals surface area contributed by atoms with Gasteiger partial charge in [-0.2, -0.15) is 0 Å². The topological polar surface area (TPSA) is 38.3 Å². The van der Waals surface area contributed by atoms with Crippen molar-refractivity contribution in [3.8, 4) is 5.75 Å². The van der Waals surface area contributed by atoms with Crippen molar-refractivity contribution in [2.45, 2.75) is 12.7 Å². The Labute approximate surface area is 140 Å². The van der Waals surface area contributed by atoms with Gasteiger partial charge < -0.3 is 10.1 Å². The molecule has 0 spiro atoms. The first-order valence-electron chi connectivity index (χ1n) is 6.85. The fourth-order valence-electron chi connectivity index (χ4n) is 1.99. The number of benzene rings is 2. The summed E-state index contributed by atoms with van der Waals surface area (Å²) in [5.74, 6) is 1.75. The lowest BCUT2D eigenvalue weighted by Gasteiger charge is -2.11. The number of thioether (sulfide) groups is 1. The molecule has 0 aliphatic heterocycles. The number of rotatable bonds is 6. The lowest BCUT2D eigenvalue weighted by atomic mass is 10.2. The Morgan fingerprint density at radius 3 is 2.82 bits per heavy atom. The van der Waals surface area contributed by atoms with Crippen LogP contribution >= 0.6 is 23.4 Å². The maximum Gasteiger partial charge on any atom is 0.234 e. The van der Waals surface area contributed by atoms with Crippen LogP contribution in [0.2, 0.25) is 5.02 Å². The highest BCUT2D eigenvalue weighted by Crippen LogP contribution is 2.25. The molecule has 2 aromatic rings. The molecule has 0 heterocycles. The molecule has 0 unspecified atom stereocenters. The molecule has 0 fully saturated rings. The van der Waals surface area contributed by atoms with E-state index in [4.69, 9.17) is 16.3 Å². The van der Waals surface area contributed by atoms with E-state index in [2.05, 4.69) is 5.32 Å². The van der Waals surface area contributed by atoms with Crippen LogP contribution in [0.15, 0.2) is 42.5 Å². The molecule has 5 heteroatoms. The van der Waals surface area contributed by atoms with Crippen LogP contribution in [0.1, 0.15) is 11.1 Å². The Bertz CT molecular complexity index is 661. The van der Waals surface area contributed by atoms with E-state index in [0.717, 1.165) is 16.9 Å². The maximum atomic E-state index is 12.0. The third-order valence-corrected chi connectivity index (χ3v) is 4.26. The first-order chi connectivity index (χ1) is 10.6. The number of amides is 1. The number of hydrogen-bond acceptors (Lipinski definition) is 3. The zero-order valence-electron chi connectivity index (χ0n) is 12.6. The van der Waals surface area contributed by atoms with Gasteiger partial charge in [-0.05, 0) is 42.3 Å². The molecule has 1 amide bonds. The molecule has 22 heavy (non-hydrogen) atoms. The van der Waals surface area contributed by atoms with Gasteiger partial charge in [0.1, 0.15) is 5.75 Å². The number of ether oxygens (including phenoxy) is 1. The third kappa shape index (κ3) is 4.97. The predicted molar refractivity (Wildman–Crippen MR) is 94.0 cm³/mol. The van der Waals surface area contributed by atoms with Crippen LogP contribution in [-0.2, 0) is 10.5 Å². The van der Waals surface area contributed by atoms with Gasteiger partial charge in [0.2, 0.25) is 5.91 Å². The summed E-state index contributed by atoms with van der Waals surface area (Å²) in [6, 6.07) is 13.4. The smallest absolute Gasteiger partial charge is 0.234 e. The quantitative estimate of drug-likeness (QED) is 0.843. The molecule has 116 valence electrons. The second-order valence-corrected chi connectivity index (χ2v) is 6.30. The molecule has 0 atom stereocenters. The van der Waals surface area contributed by atoms with E-state index in [1.54, 1.807) is 18.9 Å². The molecular weight excluding hydrogens is 318 g/mol. The summed E-state index contributed by atoms with van der Waals surface area (Å²) in [7, 11) is 1.59. The van der Waals surface area contributed by atoms with Crippen molar-refractivity contribution in [1.82, 2.24) is 0 Å². The van der Waals surface area contributed by atoms with Crippen molar-refractivity contribution >= 4 is 35.0 Å². The van der Waals surface area contributed by atoms with Crippen molar-refractivity contribution in [3.05, 3.63) is 58.6 Å². The monoisotopic (exact) mass is 335 g/mol. The second kappa shape index (κ2) is 8.11. The normalized spacial score (nSPS) is 10.3. The highest BCUT2D eigenvalue weighted by atomic mass is 35.5. The van der Waals surface area contributed by atoms with Crippen molar-refractivity contribution in [2.75, 3.05) is 18.2 Å². The van der Waals surface area contributed by atoms with Crippen LogP contribution < -0.4 is 10.1 Å². The molecular formula is C17H18ClNO2S. The Morgan fingerprint density at radius 1 is 1.27 bits per heavy atom. The van der Waals surface area contributed by atoms with Crippen molar-refractivity contribution < 1.29 is 9.53 Å². The second-order valence-electron chi connectivity index (χ2n) is 4.87. The Morgan fingerprint density at radius 2 is 2.09 bits per heavy atom. The van der Waals surface area contributed by atoms with Crippen molar-refractivity contribution in [1.29, 1.82) is 0 Å². The number of hydrogen-bond donors (Lipinski definition) is 1.